The molecule has 4 unspecified atom stereocenters. The van der Waals surface area contributed by atoms with Crippen LogP contribution in [0.4, 0.5) is 0 Å². The maximum Gasteiger partial charge on any atom is 0.303 e. The molecule has 3 nitrogen and oxygen atoms in total. The minimum absolute atomic E-state index is 0.131. The Morgan fingerprint density at radius 1 is 0.963 bits per heavy atom. The molecule has 9 atom stereocenters. The number of hydrogen-bond acceptors (Lipinski definition) is 2. The van der Waals surface area contributed by atoms with Gasteiger partial charge in [0, 0.05) is 6.42 Å². The zero-order valence-electron chi connectivity index (χ0n) is 17.6. The lowest BCUT2D eigenvalue weighted by Crippen LogP contribution is -2.60. The van der Waals surface area contributed by atoms with Crippen molar-refractivity contribution < 1.29 is 15.0 Å². The van der Waals surface area contributed by atoms with Crippen molar-refractivity contribution >= 4 is 5.97 Å². The van der Waals surface area contributed by atoms with Gasteiger partial charge in [0.25, 0.3) is 0 Å². The number of aliphatic hydroxyl groups excluding tert-OH is 1. The van der Waals surface area contributed by atoms with E-state index in [0.717, 1.165) is 12.8 Å². The van der Waals surface area contributed by atoms with Crippen LogP contribution in [0.1, 0.15) is 91.4 Å². The summed E-state index contributed by atoms with van der Waals surface area (Å²) in [5.74, 6) is 2.95. The summed E-state index contributed by atoms with van der Waals surface area (Å²) in [4.78, 5) is 10.9. The summed E-state index contributed by atoms with van der Waals surface area (Å²) < 4.78 is 0. The van der Waals surface area contributed by atoms with E-state index >= 15 is 0 Å². The summed E-state index contributed by atoms with van der Waals surface area (Å²) in [6.07, 6.45) is 12.5. The lowest BCUT2D eigenvalue weighted by atomic mass is 9.42. The van der Waals surface area contributed by atoms with Crippen LogP contribution < -0.4 is 0 Å². The Balaban J connectivity index is 1.57. The Hall–Kier alpha value is -0.570. The molecule has 4 fully saturated rings. The van der Waals surface area contributed by atoms with E-state index in [1.807, 2.05) is 0 Å². The van der Waals surface area contributed by atoms with Crippen LogP contribution in [-0.4, -0.2) is 22.3 Å². The van der Waals surface area contributed by atoms with Crippen molar-refractivity contribution in [1.82, 2.24) is 0 Å². The predicted molar refractivity (Wildman–Crippen MR) is 107 cm³/mol. The summed E-state index contributed by atoms with van der Waals surface area (Å²) in [5, 5.41) is 20.5. The molecule has 27 heavy (non-hydrogen) atoms. The topological polar surface area (TPSA) is 57.5 Å². The van der Waals surface area contributed by atoms with E-state index in [9.17, 15) is 9.90 Å². The van der Waals surface area contributed by atoms with Crippen molar-refractivity contribution in [2.24, 2.45) is 46.3 Å². The number of fused-ring (bicyclic) bond motifs is 5. The lowest BCUT2D eigenvalue weighted by molar-refractivity contribution is -0.188. The van der Waals surface area contributed by atoms with Crippen LogP contribution in [0.3, 0.4) is 0 Å². The molecule has 4 rings (SSSR count). The summed E-state index contributed by atoms with van der Waals surface area (Å²) in [6.45, 7) is 7.39. The highest BCUT2D eigenvalue weighted by molar-refractivity contribution is 5.66. The third-order valence-corrected chi connectivity index (χ3v) is 10.2. The van der Waals surface area contributed by atoms with Gasteiger partial charge in [-0.25, -0.2) is 0 Å². The van der Waals surface area contributed by atoms with Gasteiger partial charge in [-0.2, -0.15) is 0 Å². The molecule has 0 aromatic heterocycles. The van der Waals surface area contributed by atoms with Gasteiger partial charge in [-0.05, 0) is 97.7 Å². The Bertz CT molecular complexity index is 574. The standard InChI is InChI=1S/C24H40O3/c1-15-17-8-4-5-13-24(17,3)19-12-14-23(2)16(7-6-9-20(25)26)10-11-18(23)21(19)22(15)27/h15-19,21-22,27H,4-14H2,1-3H3,(H,25,26)/t15-,16+,17?,18?,19?,21?,22+,23-,24+/m1/s1. The Morgan fingerprint density at radius 2 is 1.70 bits per heavy atom. The Morgan fingerprint density at radius 3 is 2.44 bits per heavy atom. The van der Waals surface area contributed by atoms with E-state index < -0.39 is 5.97 Å². The maximum atomic E-state index is 11.4. The smallest absolute Gasteiger partial charge is 0.303 e. The number of hydrogen-bond donors (Lipinski definition) is 2. The first kappa shape index (κ1) is 19.7. The normalized spacial score (nSPS) is 51.9. The summed E-state index contributed by atoms with van der Waals surface area (Å²) >= 11 is 0. The van der Waals surface area contributed by atoms with Gasteiger partial charge in [0.1, 0.15) is 0 Å². The monoisotopic (exact) mass is 376 g/mol. The fourth-order valence-corrected chi connectivity index (χ4v) is 8.82. The van der Waals surface area contributed by atoms with Gasteiger partial charge in [0.05, 0.1) is 6.10 Å². The van der Waals surface area contributed by atoms with E-state index in [1.165, 1.54) is 51.4 Å². The molecule has 3 heteroatoms. The van der Waals surface area contributed by atoms with Crippen LogP contribution in [0.5, 0.6) is 0 Å². The highest BCUT2D eigenvalue weighted by Gasteiger charge is 2.63. The molecule has 4 aliphatic rings. The van der Waals surface area contributed by atoms with Crippen molar-refractivity contribution in [2.45, 2.75) is 97.5 Å². The highest BCUT2D eigenvalue weighted by Crippen LogP contribution is 2.68. The Labute approximate surface area is 165 Å². The number of carbonyl (C=O) groups is 1. The third kappa shape index (κ3) is 2.98. The molecule has 154 valence electrons. The molecular formula is C24H40O3. The zero-order valence-corrected chi connectivity index (χ0v) is 17.6. The number of aliphatic hydroxyl groups is 1. The molecule has 0 aromatic rings. The van der Waals surface area contributed by atoms with Crippen LogP contribution in [0.15, 0.2) is 0 Å². The first-order valence-corrected chi connectivity index (χ1v) is 11.7. The number of carboxylic acid groups (broad SMARTS) is 1. The third-order valence-electron chi connectivity index (χ3n) is 10.2. The average molecular weight is 377 g/mol. The van der Waals surface area contributed by atoms with Gasteiger partial charge in [-0.15, -0.1) is 0 Å². The van der Waals surface area contributed by atoms with Gasteiger partial charge in [0.2, 0.25) is 0 Å². The average Bonchev–Trinajstić information content (AvgIpc) is 2.95. The Kier molecular flexibility index (Phi) is 5.15. The van der Waals surface area contributed by atoms with E-state index in [4.69, 9.17) is 5.11 Å². The minimum atomic E-state index is -0.661. The summed E-state index contributed by atoms with van der Waals surface area (Å²) in [7, 11) is 0. The molecule has 4 saturated carbocycles. The number of rotatable bonds is 4. The summed E-state index contributed by atoms with van der Waals surface area (Å²) in [6, 6.07) is 0. The van der Waals surface area contributed by atoms with Crippen LogP contribution in [-0.2, 0) is 4.79 Å². The largest absolute Gasteiger partial charge is 0.481 e. The van der Waals surface area contributed by atoms with E-state index in [0.29, 0.717) is 52.8 Å². The van der Waals surface area contributed by atoms with Crippen LogP contribution in [0, 0.1) is 46.3 Å². The van der Waals surface area contributed by atoms with Crippen LogP contribution >= 0.6 is 0 Å². The van der Waals surface area contributed by atoms with Crippen LogP contribution in [0.2, 0.25) is 0 Å². The fourth-order valence-electron chi connectivity index (χ4n) is 8.82. The highest BCUT2D eigenvalue weighted by atomic mass is 16.4. The minimum Gasteiger partial charge on any atom is -0.481 e. The fraction of sp³-hybridized carbons (Fsp3) is 0.958. The molecule has 0 heterocycles. The molecule has 0 spiro atoms. The van der Waals surface area contributed by atoms with Gasteiger partial charge < -0.3 is 10.2 Å². The molecule has 0 aliphatic heterocycles. The second-order valence-electron chi connectivity index (χ2n) is 11.1. The molecular weight excluding hydrogens is 336 g/mol. The quantitative estimate of drug-likeness (QED) is 0.680. The first-order valence-electron chi connectivity index (χ1n) is 11.7. The van der Waals surface area contributed by atoms with E-state index in [1.54, 1.807) is 0 Å². The van der Waals surface area contributed by atoms with Crippen molar-refractivity contribution in [3.63, 3.8) is 0 Å². The molecule has 0 radical (unpaired) electrons. The lowest BCUT2D eigenvalue weighted by Gasteiger charge is -2.64. The first-order chi connectivity index (χ1) is 12.8. The van der Waals surface area contributed by atoms with Gasteiger partial charge in [0.15, 0.2) is 0 Å². The molecule has 2 N–H and O–H groups in total. The second kappa shape index (κ2) is 7.04. The number of aliphatic carboxylic acids is 1. The molecule has 0 bridgehead atoms. The van der Waals surface area contributed by atoms with E-state index in [-0.39, 0.29) is 6.10 Å². The van der Waals surface area contributed by atoms with Crippen molar-refractivity contribution in [2.75, 3.05) is 0 Å². The second-order valence-corrected chi connectivity index (χ2v) is 11.1. The maximum absolute atomic E-state index is 11.4. The van der Waals surface area contributed by atoms with E-state index in [2.05, 4.69) is 20.8 Å². The van der Waals surface area contributed by atoms with Crippen molar-refractivity contribution in [1.29, 1.82) is 0 Å². The SMILES string of the molecule is C[C@@H]1C2CCCC[C@]2(C)C2CC[C@@]3(C)C(CC[C@@H]3CCCC(=O)O)C2[C@H]1O. The predicted octanol–water partition coefficient (Wildman–Crippen LogP) is 5.51. The number of carboxylic acids is 1. The molecule has 4 aliphatic carbocycles. The van der Waals surface area contributed by atoms with Crippen molar-refractivity contribution in [3.8, 4) is 0 Å². The summed E-state index contributed by atoms with van der Waals surface area (Å²) in [5.41, 5.74) is 0.753. The molecule has 0 aromatic carbocycles. The van der Waals surface area contributed by atoms with Crippen LogP contribution in [0.25, 0.3) is 0 Å². The van der Waals surface area contributed by atoms with Crippen molar-refractivity contribution in [3.05, 3.63) is 0 Å². The van der Waals surface area contributed by atoms with Gasteiger partial charge in [-0.1, -0.05) is 33.6 Å². The van der Waals surface area contributed by atoms with Gasteiger partial charge in [-0.3, -0.25) is 4.79 Å². The molecule has 0 amide bonds. The van der Waals surface area contributed by atoms with Gasteiger partial charge >= 0.3 is 5.97 Å². The zero-order chi connectivity index (χ0) is 19.4. The molecule has 0 saturated heterocycles.